The average Bonchev–Trinajstić information content (AvgIpc) is 2.62. The SMILES string of the molecule is Nc1cnc(CC2CCCN2)c(N)n1. The number of hydrogen-bond acceptors (Lipinski definition) is 5. The number of rotatable bonds is 2. The van der Waals surface area contributed by atoms with Gasteiger partial charge in [0.05, 0.1) is 11.9 Å². The number of hydrogen-bond donors (Lipinski definition) is 3. The highest BCUT2D eigenvalue weighted by molar-refractivity contribution is 5.41. The first-order valence-corrected chi connectivity index (χ1v) is 4.86. The average molecular weight is 193 g/mol. The molecule has 0 amide bonds. The van der Waals surface area contributed by atoms with Crippen molar-refractivity contribution in [3.05, 3.63) is 11.9 Å². The summed E-state index contributed by atoms with van der Waals surface area (Å²) >= 11 is 0. The molecule has 1 aromatic rings. The highest BCUT2D eigenvalue weighted by Crippen LogP contribution is 2.14. The topological polar surface area (TPSA) is 89.8 Å². The third kappa shape index (κ3) is 1.93. The summed E-state index contributed by atoms with van der Waals surface area (Å²) in [6.07, 6.45) is 4.82. The molecule has 1 aliphatic heterocycles. The van der Waals surface area contributed by atoms with Gasteiger partial charge in [0.1, 0.15) is 11.6 Å². The molecule has 5 N–H and O–H groups in total. The van der Waals surface area contributed by atoms with Crippen LogP contribution in [0, 0.1) is 0 Å². The Kier molecular flexibility index (Phi) is 2.49. The third-order valence-corrected chi connectivity index (χ3v) is 2.50. The number of nitrogen functional groups attached to an aromatic ring is 2. The van der Waals surface area contributed by atoms with E-state index >= 15 is 0 Å². The van der Waals surface area contributed by atoms with Crippen LogP contribution in [-0.2, 0) is 6.42 Å². The van der Waals surface area contributed by atoms with Crippen molar-refractivity contribution < 1.29 is 0 Å². The molecule has 1 unspecified atom stereocenters. The van der Waals surface area contributed by atoms with E-state index in [1.54, 1.807) is 6.20 Å². The van der Waals surface area contributed by atoms with Crippen molar-refractivity contribution in [2.75, 3.05) is 18.0 Å². The molecule has 14 heavy (non-hydrogen) atoms. The minimum Gasteiger partial charge on any atom is -0.382 e. The van der Waals surface area contributed by atoms with E-state index in [0.29, 0.717) is 17.7 Å². The molecule has 5 nitrogen and oxygen atoms in total. The second kappa shape index (κ2) is 3.79. The van der Waals surface area contributed by atoms with E-state index in [1.165, 1.54) is 12.8 Å². The van der Waals surface area contributed by atoms with Crippen molar-refractivity contribution in [3.8, 4) is 0 Å². The zero-order chi connectivity index (χ0) is 9.97. The standard InChI is InChI=1S/C9H15N5/c10-8-5-13-7(9(11)14-8)4-6-2-1-3-12-6/h5-6,12H,1-4H2,(H4,10,11,14). The fourth-order valence-corrected chi connectivity index (χ4v) is 1.76. The van der Waals surface area contributed by atoms with Crippen LogP contribution in [0.25, 0.3) is 0 Å². The minimum atomic E-state index is 0.380. The molecule has 1 saturated heterocycles. The van der Waals surface area contributed by atoms with E-state index in [2.05, 4.69) is 15.3 Å². The van der Waals surface area contributed by atoms with Crippen molar-refractivity contribution in [3.63, 3.8) is 0 Å². The summed E-state index contributed by atoms with van der Waals surface area (Å²) in [7, 11) is 0. The number of anilines is 2. The highest BCUT2D eigenvalue weighted by atomic mass is 15.0. The van der Waals surface area contributed by atoms with Gasteiger partial charge in [-0.25, -0.2) is 4.98 Å². The molecule has 0 aromatic carbocycles. The van der Waals surface area contributed by atoms with Gasteiger partial charge in [-0.2, -0.15) is 0 Å². The van der Waals surface area contributed by atoms with Gasteiger partial charge in [0, 0.05) is 12.5 Å². The maximum atomic E-state index is 5.72. The highest BCUT2D eigenvalue weighted by Gasteiger charge is 2.16. The number of nitrogens with one attached hydrogen (secondary N) is 1. The molecule has 1 atom stereocenters. The first kappa shape index (κ1) is 9.21. The lowest BCUT2D eigenvalue weighted by molar-refractivity contribution is 0.595. The van der Waals surface area contributed by atoms with Crippen LogP contribution in [0.2, 0.25) is 0 Å². The molecule has 1 fully saturated rings. The van der Waals surface area contributed by atoms with E-state index in [1.807, 2.05) is 0 Å². The zero-order valence-electron chi connectivity index (χ0n) is 8.03. The molecule has 0 spiro atoms. The number of nitrogens with two attached hydrogens (primary N) is 2. The second-order valence-electron chi connectivity index (χ2n) is 3.62. The lowest BCUT2D eigenvalue weighted by Crippen LogP contribution is -2.24. The largest absolute Gasteiger partial charge is 0.382 e. The Morgan fingerprint density at radius 1 is 1.50 bits per heavy atom. The first-order chi connectivity index (χ1) is 6.75. The Bertz CT molecular complexity index is 319. The molecule has 76 valence electrons. The molecule has 5 heteroatoms. The maximum absolute atomic E-state index is 5.72. The summed E-state index contributed by atoms with van der Waals surface area (Å²) < 4.78 is 0. The molecule has 0 saturated carbocycles. The van der Waals surface area contributed by atoms with Gasteiger partial charge in [-0.15, -0.1) is 0 Å². The molecule has 1 aliphatic rings. The molecule has 0 radical (unpaired) electrons. The quantitative estimate of drug-likeness (QED) is 0.612. The van der Waals surface area contributed by atoms with Gasteiger partial charge in [-0.05, 0) is 19.4 Å². The van der Waals surface area contributed by atoms with Crippen molar-refractivity contribution in [2.45, 2.75) is 25.3 Å². The van der Waals surface area contributed by atoms with Crippen LogP contribution in [0.5, 0.6) is 0 Å². The van der Waals surface area contributed by atoms with Gasteiger partial charge in [-0.1, -0.05) is 0 Å². The van der Waals surface area contributed by atoms with E-state index < -0.39 is 0 Å². The summed E-state index contributed by atoms with van der Waals surface area (Å²) in [5, 5.41) is 3.39. The summed E-state index contributed by atoms with van der Waals surface area (Å²) in [6, 6.07) is 0.496. The Hall–Kier alpha value is -1.36. The molecule has 0 aliphatic carbocycles. The van der Waals surface area contributed by atoms with Crippen molar-refractivity contribution in [1.29, 1.82) is 0 Å². The minimum absolute atomic E-state index is 0.380. The maximum Gasteiger partial charge on any atom is 0.147 e. The molecule has 2 rings (SSSR count). The van der Waals surface area contributed by atoms with Crippen molar-refractivity contribution in [1.82, 2.24) is 15.3 Å². The van der Waals surface area contributed by atoms with Gasteiger partial charge < -0.3 is 16.8 Å². The van der Waals surface area contributed by atoms with E-state index in [9.17, 15) is 0 Å². The lowest BCUT2D eigenvalue weighted by Gasteiger charge is -2.10. The van der Waals surface area contributed by atoms with Gasteiger partial charge in [0.25, 0.3) is 0 Å². The van der Waals surface area contributed by atoms with E-state index in [0.717, 1.165) is 18.7 Å². The van der Waals surface area contributed by atoms with Gasteiger partial charge in [0.15, 0.2) is 0 Å². The summed E-state index contributed by atoms with van der Waals surface area (Å²) in [6.45, 7) is 1.09. The summed E-state index contributed by atoms with van der Waals surface area (Å²) in [4.78, 5) is 8.17. The Morgan fingerprint density at radius 3 is 3.00 bits per heavy atom. The molecule has 2 heterocycles. The molecule has 1 aromatic heterocycles. The van der Waals surface area contributed by atoms with E-state index in [-0.39, 0.29) is 0 Å². The van der Waals surface area contributed by atoms with Gasteiger partial charge in [0.2, 0.25) is 0 Å². The van der Waals surface area contributed by atoms with Crippen LogP contribution >= 0.6 is 0 Å². The summed E-state index contributed by atoms with van der Waals surface area (Å²) in [5.74, 6) is 0.837. The number of nitrogens with zero attached hydrogens (tertiary/aromatic N) is 2. The predicted molar refractivity (Wildman–Crippen MR) is 55.6 cm³/mol. The van der Waals surface area contributed by atoms with Crippen molar-refractivity contribution in [2.24, 2.45) is 0 Å². The number of aromatic nitrogens is 2. The monoisotopic (exact) mass is 193 g/mol. The van der Waals surface area contributed by atoms with Crippen LogP contribution in [0.15, 0.2) is 6.20 Å². The normalized spacial score (nSPS) is 21.3. The second-order valence-corrected chi connectivity index (χ2v) is 3.62. The fourth-order valence-electron chi connectivity index (χ4n) is 1.76. The van der Waals surface area contributed by atoms with Gasteiger partial charge in [-0.3, -0.25) is 4.98 Å². The predicted octanol–water partition coefficient (Wildman–Crippen LogP) is -0.0645. The zero-order valence-corrected chi connectivity index (χ0v) is 8.03. The van der Waals surface area contributed by atoms with Crippen molar-refractivity contribution >= 4 is 11.6 Å². The Labute approximate surface area is 82.9 Å². The first-order valence-electron chi connectivity index (χ1n) is 4.86. The smallest absolute Gasteiger partial charge is 0.147 e. The molecular formula is C9H15N5. The van der Waals surface area contributed by atoms with Crippen LogP contribution in [0.4, 0.5) is 11.6 Å². The van der Waals surface area contributed by atoms with Crippen LogP contribution in [0.1, 0.15) is 18.5 Å². The van der Waals surface area contributed by atoms with Crippen LogP contribution in [-0.4, -0.2) is 22.6 Å². The summed E-state index contributed by atoms with van der Waals surface area (Å²) in [5.41, 5.74) is 12.0. The fraction of sp³-hybridized carbons (Fsp3) is 0.556. The lowest BCUT2D eigenvalue weighted by atomic mass is 10.1. The van der Waals surface area contributed by atoms with Crippen LogP contribution in [0.3, 0.4) is 0 Å². The van der Waals surface area contributed by atoms with Gasteiger partial charge >= 0.3 is 0 Å². The van der Waals surface area contributed by atoms with E-state index in [4.69, 9.17) is 11.5 Å². The third-order valence-electron chi connectivity index (χ3n) is 2.50. The molecule has 0 bridgehead atoms. The van der Waals surface area contributed by atoms with Crippen LogP contribution < -0.4 is 16.8 Å². The molecular weight excluding hydrogens is 178 g/mol. The Balaban J connectivity index is 2.08. The Morgan fingerprint density at radius 2 is 2.36 bits per heavy atom.